The standard InChI is InChI=1S/C30H44O5/c1-8-30(9-2,23-13-16-25(17-14-23)34-19-11-10-12-28(32)33-7)24-15-18-26(22(3)20-24)35-21-27(31)29(4,5)6/h13-18,20,27,31H,8-12,19,21H2,1-7H3. The highest BCUT2D eigenvalue weighted by molar-refractivity contribution is 5.68. The normalized spacial score (nSPS) is 12.8. The minimum Gasteiger partial charge on any atom is -0.494 e. The monoisotopic (exact) mass is 484 g/mol. The molecular weight excluding hydrogens is 440 g/mol. The van der Waals surface area contributed by atoms with Crippen LogP contribution in [-0.4, -0.2) is 37.5 Å². The third kappa shape index (κ3) is 7.73. The molecule has 0 fully saturated rings. The highest BCUT2D eigenvalue weighted by Crippen LogP contribution is 2.41. The number of aliphatic hydroxyl groups is 1. The number of aliphatic hydroxyl groups excluding tert-OH is 1. The Bertz CT molecular complexity index is 923. The smallest absolute Gasteiger partial charge is 0.305 e. The summed E-state index contributed by atoms with van der Waals surface area (Å²) in [4.78, 5) is 11.2. The molecule has 0 spiro atoms. The molecule has 5 nitrogen and oxygen atoms in total. The second-order valence-electron chi connectivity index (χ2n) is 10.4. The number of unbranched alkanes of at least 4 members (excludes halogenated alkanes) is 1. The van der Waals surface area contributed by atoms with Crippen molar-refractivity contribution in [2.45, 2.75) is 85.2 Å². The predicted octanol–water partition coefficient (Wildman–Crippen LogP) is 6.61. The topological polar surface area (TPSA) is 65.0 Å². The Morgan fingerprint density at radius 3 is 2.11 bits per heavy atom. The van der Waals surface area contributed by atoms with E-state index in [9.17, 15) is 9.90 Å². The van der Waals surface area contributed by atoms with Gasteiger partial charge in [-0.3, -0.25) is 4.79 Å². The third-order valence-electron chi connectivity index (χ3n) is 7.01. The second-order valence-corrected chi connectivity index (χ2v) is 10.4. The van der Waals surface area contributed by atoms with Crippen LogP contribution in [0, 0.1) is 12.3 Å². The van der Waals surface area contributed by atoms with Gasteiger partial charge in [0.2, 0.25) is 0 Å². The van der Waals surface area contributed by atoms with Crippen molar-refractivity contribution in [2.24, 2.45) is 5.41 Å². The van der Waals surface area contributed by atoms with E-state index in [-0.39, 0.29) is 23.4 Å². The number of esters is 1. The van der Waals surface area contributed by atoms with E-state index in [0.29, 0.717) is 13.0 Å². The van der Waals surface area contributed by atoms with Crippen molar-refractivity contribution in [1.29, 1.82) is 0 Å². The summed E-state index contributed by atoms with van der Waals surface area (Å²) in [5.74, 6) is 1.47. The number of hydrogen-bond acceptors (Lipinski definition) is 5. The van der Waals surface area contributed by atoms with Crippen molar-refractivity contribution in [3.8, 4) is 11.5 Å². The molecule has 2 aromatic carbocycles. The van der Waals surface area contributed by atoms with Crippen LogP contribution in [0.4, 0.5) is 0 Å². The Balaban J connectivity index is 2.11. The van der Waals surface area contributed by atoms with Crippen molar-refractivity contribution in [1.82, 2.24) is 0 Å². The lowest BCUT2D eigenvalue weighted by Crippen LogP contribution is -2.32. The van der Waals surface area contributed by atoms with Crippen LogP contribution in [0.15, 0.2) is 42.5 Å². The van der Waals surface area contributed by atoms with Crippen LogP contribution in [0.2, 0.25) is 0 Å². The van der Waals surface area contributed by atoms with Gasteiger partial charge < -0.3 is 19.3 Å². The lowest BCUT2D eigenvalue weighted by Gasteiger charge is -2.34. The number of carbonyl (C=O) groups is 1. The van der Waals surface area contributed by atoms with Gasteiger partial charge in [0.25, 0.3) is 0 Å². The summed E-state index contributed by atoms with van der Waals surface area (Å²) in [7, 11) is 1.41. The van der Waals surface area contributed by atoms with E-state index in [1.54, 1.807) is 0 Å². The van der Waals surface area contributed by atoms with Crippen molar-refractivity contribution < 1.29 is 24.1 Å². The molecule has 0 aromatic heterocycles. The quantitative estimate of drug-likeness (QED) is 0.256. The summed E-state index contributed by atoms with van der Waals surface area (Å²) in [5.41, 5.74) is 3.28. The summed E-state index contributed by atoms with van der Waals surface area (Å²) in [6, 6.07) is 14.8. The Hall–Kier alpha value is -2.53. The van der Waals surface area contributed by atoms with Gasteiger partial charge in [-0.15, -0.1) is 0 Å². The molecule has 0 radical (unpaired) electrons. The Morgan fingerprint density at radius 2 is 1.57 bits per heavy atom. The second kappa shape index (κ2) is 13.0. The molecule has 1 N–H and O–H groups in total. The van der Waals surface area contributed by atoms with Gasteiger partial charge in [0.05, 0.1) is 19.8 Å². The minimum absolute atomic E-state index is 0.104. The molecule has 0 saturated carbocycles. The molecule has 0 amide bonds. The molecule has 2 aromatic rings. The minimum atomic E-state index is -0.527. The summed E-state index contributed by atoms with van der Waals surface area (Å²) >= 11 is 0. The number of methoxy groups -OCH3 is 1. The molecule has 0 bridgehead atoms. The fourth-order valence-corrected chi connectivity index (χ4v) is 4.29. The van der Waals surface area contributed by atoms with Crippen LogP contribution in [0.25, 0.3) is 0 Å². The number of rotatable bonds is 13. The lowest BCUT2D eigenvalue weighted by molar-refractivity contribution is -0.140. The van der Waals surface area contributed by atoms with Gasteiger partial charge >= 0.3 is 5.97 Å². The molecule has 2 rings (SSSR count). The number of carbonyl (C=O) groups excluding carboxylic acids is 1. The van der Waals surface area contributed by atoms with E-state index >= 15 is 0 Å². The molecular formula is C30H44O5. The Morgan fingerprint density at radius 1 is 0.943 bits per heavy atom. The maximum Gasteiger partial charge on any atom is 0.305 e. The van der Waals surface area contributed by atoms with E-state index in [4.69, 9.17) is 9.47 Å². The summed E-state index contributed by atoms with van der Waals surface area (Å²) in [6.07, 6.45) is 3.41. The largest absolute Gasteiger partial charge is 0.494 e. The first kappa shape index (κ1) is 28.7. The van der Waals surface area contributed by atoms with Crippen LogP contribution >= 0.6 is 0 Å². The molecule has 5 heteroatoms. The van der Waals surface area contributed by atoms with E-state index in [1.165, 1.54) is 18.2 Å². The Kier molecular flexibility index (Phi) is 10.6. The van der Waals surface area contributed by atoms with Crippen LogP contribution in [0.5, 0.6) is 11.5 Å². The van der Waals surface area contributed by atoms with Crippen molar-refractivity contribution in [3.63, 3.8) is 0 Å². The van der Waals surface area contributed by atoms with Gasteiger partial charge in [-0.05, 0) is 72.9 Å². The molecule has 1 atom stereocenters. The van der Waals surface area contributed by atoms with Crippen molar-refractivity contribution >= 4 is 5.97 Å². The van der Waals surface area contributed by atoms with Gasteiger partial charge in [-0.2, -0.15) is 0 Å². The fraction of sp³-hybridized carbons (Fsp3) is 0.567. The first-order chi connectivity index (χ1) is 16.6. The van der Waals surface area contributed by atoms with Gasteiger partial charge in [0.15, 0.2) is 0 Å². The molecule has 0 saturated heterocycles. The van der Waals surface area contributed by atoms with E-state index < -0.39 is 6.10 Å². The molecule has 0 aliphatic carbocycles. The first-order valence-electron chi connectivity index (χ1n) is 12.8. The molecule has 35 heavy (non-hydrogen) atoms. The number of hydrogen-bond donors (Lipinski definition) is 1. The highest BCUT2D eigenvalue weighted by Gasteiger charge is 2.31. The number of aryl methyl sites for hydroxylation is 1. The summed E-state index contributed by atoms with van der Waals surface area (Å²) < 4.78 is 16.5. The van der Waals surface area contributed by atoms with Crippen LogP contribution in [-0.2, 0) is 14.9 Å². The molecule has 0 heterocycles. The zero-order valence-corrected chi connectivity index (χ0v) is 22.6. The molecule has 0 aliphatic heterocycles. The van der Waals surface area contributed by atoms with Crippen LogP contribution in [0.3, 0.4) is 0 Å². The maximum absolute atomic E-state index is 11.2. The van der Waals surface area contributed by atoms with Crippen LogP contribution in [0.1, 0.15) is 83.4 Å². The van der Waals surface area contributed by atoms with Crippen molar-refractivity contribution in [2.75, 3.05) is 20.3 Å². The van der Waals surface area contributed by atoms with E-state index in [1.807, 2.05) is 39.0 Å². The molecule has 0 aliphatic rings. The molecule has 194 valence electrons. The average Bonchev–Trinajstić information content (AvgIpc) is 2.84. The molecule has 1 unspecified atom stereocenters. The first-order valence-corrected chi connectivity index (χ1v) is 12.8. The van der Waals surface area contributed by atoms with Gasteiger partial charge in [0.1, 0.15) is 18.1 Å². The maximum atomic E-state index is 11.2. The lowest BCUT2D eigenvalue weighted by atomic mass is 9.70. The zero-order valence-electron chi connectivity index (χ0n) is 22.6. The summed E-state index contributed by atoms with van der Waals surface area (Å²) in [5, 5.41) is 10.3. The number of benzene rings is 2. The fourth-order valence-electron chi connectivity index (χ4n) is 4.29. The highest BCUT2D eigenvalue weighted by atomic mass is 16.5. The summed E-state index contributed by atoms with van der Waals surface area (Å²) in [6.45, 7) is 13.4. The van der Waals surface area contributed by atoms with Gasteiger partial charge in [-0.25, -0.2) is 0 Å². The predicted molar refractivity (Wildman–Crippen MR) is 141 cm³/mol. The number of ether oxygens (including phenoxy) is 3. The van der Waals surface area contributed by atoms with Crippen molar-refractivity contribution in [3.05, 3.63) is 59.2 Å². The SMILES string of the molecule is CCC(CC)(c1ccc(OCCCCC(=O)OC)cc1)c1ccc(OCC(O)C(C)(C)C)c(C)c1. The zero-order chi connectivity index (χ0) is 26.1. The van der Waals surface area contributed by atoms with Crippen LogP contribution < -0.4 is 9.47 Å². The van der Waals surface area contributed by atoms with E-state index in [0.717, 1.165) is 42.7 Å². The average molecular weight is 485 g/mol. The Labute approximate surface area is 211 Å². The third-order valence-corrected chi connectivity index (χ3v) is 7.01. The van der Waals surface area contributed by atoms with E-state index in [2.05, 4.69) is 49.8 Å². The van der Waals surface area contributed by atoms with Gasteiger partial charge in [-0.1, -0.05) is 58.9 Å². The van der Waals surface area contributed by atoms with Gasteiger partial charge in [0, 0.05) is 11.8 Å².